The Labute approximate surface area is 181 Å². The minimum Gasteiger partial charge on any atom is -0.437 e. The Bertz CT molecular complexity index is 1540. The first-order valence-electron chi connectivity index (χ1n) is 10.8. The van der Waals surface area contributed by atoms with Gasteiger partial charge in [0.05, 0.1) is 11.1 Å². The molecule has 0 spiro atoms. The van der Waals surface area contributed by atoms with E-state index in [1.165, 1.54) is 33.4 Å². The van der Waals surface area contributed by atoms with Gasteiger partial charge in [-0.1, -0.05) is 50.2 Å². The van der Waals surface area contributed by atoms with E-state index in [1.54, 1.807) is 0 Å². The normalized spacial score (nSPS) is 14.2. The molecule has 2 aromatic carbocycles. The summed E-state index contributed by atoms with van der Waals surface area (Å²) in [6.07, 6.45) is 3.93. The molecule has 6 rings (SSSR count). The number of fused-ring (bicyclic) bond motifs is 7. The molecule has 3 heteroatoms. The third-order valence-electron chi connectivity index (χ3n) is 7.02. The molecule has 0 atom stereocenters. The zero-order valence-electron chi connectivity index (χ0n) is 18.5. The summed E-state index contributed by atoms with van der Waals surface area (Å²) < 4.78 is 6.46. The third-order valence-corrected chi connectivity index (χ3v) is 7.02. The van der Waals surface area contributed by atoms with Crippen molar-refractivity contribution in [2.24, 2.45) is 0 Å². The topological polar surface area (TPSA) is 38.9 Å². The van der Waals surface area contributed by atoms with E-state index < -0.39 is 0 Å². The Hall–Kier alpha value is -3.46. The lowest BCUT2D eigenvalue weighted by Gasteiger charge is -2.22. The van der Waals surface area contributed by atoms with E-state index in [2.05, 4.69) is 77.1 Å². The van der Waals surface area contributed by atoms with Crippen LogP contribution in [-0.4, -0.2) is 9.97 Å². The van der Waals surface area contributed by atoms with Crippen LogP contribution in [0.5, 0.6) is 0 Å². The molecule has 0 fully saturated rings. The summed E-state index contributed by atoms with van der Waals surface area (Å²) in [5.74, 6) is 0. The fourth-order valence-corrected chi connectivity index (χ4v) is 5.23. The van der Waals surface area contributed by atoms with Crippen molar-refractivity contribution < 1.29 is 4.42 Å². The molecule has 0 radical (unpaired) electrons. The van der Waals surface area contributed by atoms with Gasteiger partial charge in [0, 0.05) is 34.3 Å². The second-order valence-electron chi connectivity index (χ2n) is 9.29. The van der Waals surface area contributed by atoms with Crippen LogP contribution in [0.25, 0.3) is 44.5 Å². The van der Waals surface area contributed by atoms with Crippen LogP contribution in [0.3, 0.4) is 0 Å². The van der Waals surface area contributed by atoms with Gasteiger partial charge in [0.15, 0.2) is 0 Å². The summed E-state index contributed by atoms with van der Waals surface area (Å²) in [6, 6.07) is 15.2. The van der Waals surface area contributed by atoms with Crippen molar-refractivity contribution in [3.63, 3.8) is 0 Å². The lowest BCUT2D eigenvalue weighted by Crippen LogP contribution is -2.15. The summed E-state index contributed by atoms with van der Waals surface area (Å²) >= 11 is 0. The van der Waals surface area contributed by atoms with Crippen molar-refractivity contribution in [3.05, 3.63) is 82.7 Å². The number of hydrogen-bond donors (Lipinski definition) is 0. The van der Waals surface area contributed by atoms with Crippen LogP contribution in [0.2, 0.25) is 0 Å². The molecule has 0 aliphatic heterocycles. The molecule has 31 heavy (non-hydrogen) atoms. The molecular weight excluding hydrogens is 380 g/mol. The first-order valence-corrected chi connectivity index (χ1v) is 10.8. The second kappa shape index (κ2) is 6.04. The lowest BCUT2D eigenvalue weighted by atomic mass is 9.81. The van der Waals surface area contributed by atoms with Crippen molar-refractivity contribution in [1.82, 2.24) is 9.97 Å². The molecule has 0 amide bonds. The van der Waals surface area contributed by atoms with E-state index >= 15 is 0 Å². The van der Waals surface area contributed by atoms with Crippen LogP contribution in [0, 0.1) is 20.8 Å². The average Bonchev–Trinajstić information content (AvgIpc) is 3.23. The Morgan fingerprint density at radius 1 is 0.806 bits per heavy atom. The molecular formula is C28H24N2O. The Balaban J connectivity index is 1.73. The van der Waals surface area contributed by atoms with Crippen molar-refractivity contribution in [1.29, 1.82) is 0 Å². The molecule has 0 bridgehead atoms. The zero-order chi connectivity index (χ0) is 21.5. The van der Waals surface area contributed by atoms with Crippen molar-refractivity contribution in [2.45, 2.75) is 40.0 Å². The summed E-state index contributed by atoms with van der Waals surface area (Å²) in [5.41, 5.74) is 12.2. The number of hydrogen-bond acceptors (Lipinski definition) is 3. The van der Waals surface area contributed by atoms with Crippen molar-refractivity contribution >= 4 is 22.1 Å². The number of aryl methyl sites for hydroxylation is 3. The van der Waals surface area contributed by atoms with Gasteiger partial charge in [-0.25, -0.2) is 4.98 Å². The largest absolute Gasteiger partial charge is 0.437 e. The van der Waals surface area contributed by atoms with Gasteiger partial charge in [-0.15, -0.1) is 0 Å². The summed E-state index contributed by atoms with van der Waals surface area (Å²) in [5, 5.41) is 2.24. The summed E-state index contributed by atoms with van der Waals surface area (Å²) in [4.78, 5) is 9.51. The number of rotatable bonds is 1. The minimum absolute atomic E-state index is 0.117. The van der Waals surface area contributed by atoms with Crippen molar-refractivity contribution in [3.8, 4) is 22.4 Å². The number of nitrogens with zero attached hydrogens (tertiary/aromatic N) is 2. The molecule has 0 unspecified atom stereocenters. The zero-order valence-corrected chi connectivity index (χ0v) is 18.5. The van der Waals surface area contributed by atoms with E-state index in [4.69, 9.17) is 14.4 Å². The van der Waals surface area contributed by atoms with Gasteiger partial charge in [-0.05, 0) is 60.2 Å². The smallest absolute Gasteiger partial charge is 0.227 e. The molecule has 3 aromatic heterocycles. The van der Waals surface area contributed by atoms with Gasteiger partial charge in [0.25, 0.3) is 0 Å². The van der Waals surface area contributed by atoms with Crippen LogP contribution in [0.1, 0.15) is 41.7 Å². The average molecular weight is 405 g/mol. The Morgan fingerprint density at radius 2 is 1.61 bits per heavy atom. The number of furan rings is 1. The highest BCUT2D eigenvalue weighted by molar-refractivity contribution is 6.13. The summed E-state index contributed by atoms with van der Waals surface area (Å²) in [6.45, 7) is 10.9. The first-order chi connectivity index (χ1) is 14.9. The molecule has 0 saturated carbocycles. The van der Waals surface area contributed by atoms with Crippen LogP contribution < -0.4 is 0 Å². The van der Waals surface area contributed by atoms with Crippen LogP contribution >= 0.6 is 0 Å². The predicted octanol–water partition coefficient (Wildman–Crippen LogP) is 7.27. The van der Waals surface area contributed by atoms with Crippen molar-refractivity contribution in [2.75, 3.05) is 0 Å². The standard InChI is InChI=1S/C28H24N2O/c1-15-10-11-19-24-25-20(18-8-6-7-9-21(18)28(25,4)5)14-30-27(24)31-26(19)23(15)22-12-16(2)17(3)13-29-22/h6-14H,1-5H3. The SMILES string of the molecule is Cc1cnc(-c2c(C)ccc3c2oc2ncc4c(c23)C(C)(C)c2ccccc2-4)cc1C. The van der Waals surface area contributed by atoms with Gasteiger partial charge < -0.3 is 4.42 Å². The maximum atomic E-state index is 6.46. The molecule has 0 N–H and O–H groups in total. The molecule has 3 nitrogen and oxygen atoms in total. The van der Waals surface area contributed by atoms with E-state index in [-0.39, 0.29) is 5.41 Å². The highest BCUT2D eigenvalue weighted by atomic mass is 16.3. The Kier molecular flexibility index (Phi) is 3.57. The Morgan fingerprint density at radius 3 is 2.42 bits per heavy atom. The summed E-state index contributed by atoms with van der Waals surface area (Å²) in [7, 11) is 0. The maximum Gasteiger partial charge on any atom is 0.227 e. The first kappa shape index (κ1) is 18.3. The van der Waals surface area contributed by atoms with Crippen LogP contribution in [0.4, 0.5) is 0 Å². The molecule has 0 saturated heterocycles. The molecule has 1 aliphatic carbocycles. The number of aromatic nitrogens is 2. The maximum absolute atomic E-state index is 6.46. The van der Waals surface area contributed by atoms with Gasteiger partial charge in [0.1, 0.15) is 5.58 Å². The number of pyridine rings is 2. The molecule has 5 aromatic rings. The lowest BCUT2D eigenvalue weighted by molar-refractivity contribution is 0.646. The predicted molar refractivity (Wildman–Crippen MR) is 127 cm³/mol. The van der Waals surface area contributed by atoms with E-state index in [1.807, 2.05) is 12.4 Å². The molecule has 1 aliphatic rings. The van der Waals surface area contributed by atoms with Crippen LogP contribution in [0.15, 0.2) is 59.3 Å². The monoisotopic (exact) mass is 404 g/mol. The van der Waals surface area contributed by atoms with Gasteiger partial charge in [-0.2, -0.15) is 0 Å². The van der Waals surface area contributed by atoms with Gasteiger partial charge in [0.2, 0.25) is 5.71 Å². The number of benzene rings is 2. The molecule has 3 heterocycles. The fourth-order valence-electron chi connectivity index (χ4n) is 5.23. The highest BCUT2D eigenvalue weighted by Gasteiger charge is 2.38. The third kappa shape index (κ3) is 2.35. The quantitative estimate of drug-likeness (QED) is 0.295. The van der Waals surface area contributed by atoms with E-state index in [0.29, 0.717) is 5.71 Å². The van der Waals surface area contributed by atoms with E-state index in [9.17, 15) is 0 Å². The minimum atomic E-state index is -0.117. The van der Waals surface area contributed by atoms with Gasteiger partial charge in [-0.3, -0.25) is 4.98 Å². The van der Waals surface area contributed by atoms with E-state index in [0.717, 1.165) is 33.2 Å². The van der Waals surface area contributed by atoms with Crippen LogP contribution in [-0.2, 0) is 5.41 Å². The second-order valence-corrected chi connectivity index (χ2v) is 9.29. The highest BCUT2D eigenvalue weighted by Crippen LogP contribution is 2.52. The molecule has 152 valence electrons. The fraction of sp³-hybridized carbons (Fsp3) is 0.214. The van der Waals surface area contributed by atoms with Gasteiger partial charge >= 0.3 is 0 Å².